The van der Waals surface area contributed by atoms with Gasteiger partial charge in [-0.05, 0) is 63.6 Å². The van der Waals surface area contributed by atoms with Crippen LogP contribution < -0.4 is 10.6 Å². The Morgan fingerprint density at radius 2 is 1.80 bits per heavy atom. The molecule has 1 unspecified atom stereocenters. The van der Waals surface area contributed by atoms with E-state index in [1.165, 1.54) is 4.90 Å². The van der Waals surface area contributed by atoms with Crippen molar-refractivity contribution in [3.05, 3.63) is 47.7 Å². The van der Waals surface area contributed by atoms with E-state index >= 15 is 0 Å². The number of alkyl halides is 3. The van der Waals surface area contributed by atoms with Crippen LogP contribution in [0.4, 0.5) is 0 Å². The van der Waals surface area contributed by atoms with E-state index < -0.39 is 51.8 Å². The normalized spacial score (nSPS) is 18.5. The molecule has 1 saturated heterocycles. The first-order valence-electron chi connectivity index (χ1n) is 16.3. The number of pyridine rings is 1. The van der Waals surface area contributed by atoms with E-state index in [4.69, 9.17) is 44.3 Å². The van der Waals surface area contributed by atoms with Crippen LogP contribution in [0.5, 0.6) is 0 Å². The standard InChI is InChI=1S/C35H47Cl3N4O7/c1-21(2)29(30(44)39-22(3)31(45)42-16-7-8-26(19-42)32(46)49-20-35(36,37)38)41-33(47)34(5,15-17-48-6)14-13-24-9-10-25-11-12-27(23(4)43)40-28(25)18-24/h9-14,18,21-23,26,29,43H,7-8,15-17,19-20H2,1-6H3,(H,39,44)(H,41,47)/b14-13+/t22-,23+,26+,29-,34?/m0/s1. The van der Waals surface area contributed by atoms with Gasteiger partial charge in [0.05, 0.1) is 28.6 Å². The van der Waals surface area contributed by atoms with Crippen LogP contribution in [0.2, 0.25) is 0 Å². The highest BCUT2D eigenvalue weighted by molar-refractivity contribution is 6.67. The van der Waals surface area contributed by atoms with Crippen molar-refractivity contribution >= 4 is 75.5 Å². The van der Waals surface area contributed by atoms with Crippen molar-refractivity contribution in [1.82, 2.24) is 20.5 Å². The molecule has 0 spiro atoms. The quantitative estimate of drug-likeness (QED) is 0.178. The molecule has 2 heterocycles. The summed E-state index contributed by atoms with van der Waals surface area (Å²) in [5.41, 5.74) is 1.03. The third-order valence-corrected chi connectivity index (χ3v) is 8.89. The van der Waals surface area contributed by atoms with Crippen LogP contribution >= 0.6 is 34.8 Å². The van der Waals surface area contributed by atoms with Crippen LogP contribution in [0.3, 0.4) is 0 Å². The number of fused-ring (bicyclic) bond motifs is 1. The molecule has 0 saturated carbocycles. The van der Waals surface area contributed by atoms with Gasteiger partial charge in [0, 0.05) is 32.2 Å². The van der Waals surface area contributed by atoms with Gasteiger partial charge in [-0.3, -0.25) is 24.2 Å². The van der Waals surface area contributed by atoms with Gasteiger partial charge in [0.2, 0.25) is 21.5 Å². The Morgan fingerprint density at radius 3 is 2.43 bits per heavy atom. The Bertz CT molecular complexity index is 1510. The minimum atomic E-state index is -1.74. The Kier molecular flexibility index (Phi) is 14.7. The molecule has 1 aliphatic rings. The molecule has 3 rings (SSSR count). The van der Waals surface area contributed by atoms with Gasteiger partial charge in [-0.15, -0.1) is 0 Å². The number of hydrogen-bond donors (Lipinski definition) is 3. The topological polar surface area (TPSA) is 147 Å². The number of nitrogens with one attached hydrogen (secondary N) is 2. The lowest BCUT2D eigenvalue weighted by Crippen LogP contribution is -2.57. The van der Waals surface area contributed by atoms with Crippen molar-refractivity contribution in [3.63, 3.8) is 0 Å². The molecule has 0 radical (unpaired) electrons. The fourth-order valence-electron chi connectivity index (χ4n) is 5.47. The fraction of sp³-hybridized carbons (Fsp3) is 0.571. The molecule has 5 atom stereocenters. The summed E-state index contributed by atoms with van der Waals surface area (Å²) < 4.78 is 8.68. The first-order chi connectivity index (χ1) is 22.9. The maximum absolute atomic E-state index is 13.8. The number of ether oxygens (including phenoxy) is 2. The summed E-state index contributed by atoms with van der Waals surface area (Å²) in [5.74, 6) is -2.69. The molecule has 0 bridgehead atoms. The maximum Gasteiger partial charge on any atom is 0.310 e. The molecular formula is C35H47Cl3N4O7. The summed E-state index contributed by atoms with van der Waals surface area (Å²) in [6, 6.07) is 7.54. The molecule has 270 valence electrons. The molecule has 1 aliphatic heterocycles. The molecule has 3 N–H and O–H groups in total. The lowest BCUT2D eigenvalue weighted by molar-refractivity contribution is -0.152. The van der Waals surface area contributed by atoms with Gasteiger partial charge in [-0.25, -0.2) is 0 Å². The van der Waals surface area contributed by atoms with Gasteiger partial charge < -0.3 is 30.1 Å². The Hall–Kier alpha value is -2.96. The molecule has 49 heavy (non-hydrogen) atoms. The average Bonchev–Trinajstić information content (AvgIpc) is 3.06. The highest BCUT2D eigenvalue weighted by Crippen LogP contribution is 2.29. The number of methoxy groups -OCH3 is 1. The minimum absolute atomic E-state index is 0.112. The molecule has 11 nitrogen and oxygen atoms in total. The lowest BCUT2D eigenvalue weighted by atomic mass is 9.84. The van der Waals surface area contributed by atoms with Gasteiger partial charge in [0.1, 0.15) is 18.7 Å². The smallest absolute Gasteiger partial charge is 0.310 e. The number of amides is 3. The first kappa shape index (κ1) is 40.5. The van der Waals surface area contributed by atoms with Crippen LogP contribution in [0.15, 0.2) is 36.4 Å². The number of esters is 1. The van der Waals surface area contributed by atoms with Gasteiger partial charge in [0.25, 0.3) is 0 Å². The zero-order chi connectivity index (χ0) is 36.5. The number of rotatable bonds is 14. The first-order valence-corrected chi connectivity index (χ1v) is 17.5. The molecule has 14 heteroatoms. The number of benzene rings is 1. The van der Waals surface area contributed by atoms with Gasteiger partial charge in [-0.2, -0.15) is 0 Å². The van der Waals surface area contributed by atoms with Crippen molar-refractivity contribution in [2.24, 2.45) is 17.3 Å². The zero-order valence-electron chi connectivity index (χ0n) is 28.8. The molecular weight excluding hydrogens is 695 g/mol. The average molecular weight is 742 g/mol. The number of piperidine rings is 1. The van der Waals surface area contributed by atoms with E-state index in [0.717, 1.165) is 10.9 Å². The number of halogens is 3. The summed E-state index contributed by atoms with van der Waals surface area (Å²) in [6.45, 7) is 9.03. The summed E-state index contributed by atoms with van der Waals surface area (Å²) in [7, 11) is 1.55. The largest absolute Gasteiger partial charge is 0.461 e. The predicted octanol–water partition coefficient (Wildman–Crippen LogP) is 5.14. The van der Waals surface area contributed by atoms with Gasteiger partial charge in [-0.1, -0.05) is 79.0 Å². The molecule has 1 aromatic carbocycles. The van der Waals surface area contributed by atoms with Crippen LogP contribution in [-0.2, 0) is 28.7 Å². The maximum atomic E-state index is 13.8. The predicted molar refractivity (Wildman–Crippen MR) is 191 cm³/mol. The summed E-state index contributed by atoms with van der Waals surface area (Å²) in [4.78, 5) is 59.3. The van der Waals surface area contributed by atoms with Crippen LogP contribution in [0.25, 0.3) is 17.0 Å². The summed E-state index contributed by atoms with van der Waals surface area (Å²) >= 11 is 17.1. The highest BCUT2D eigenvalue weighted by Gasteiger charge is 2.37. The molecule has 0 aliphatic carbocycles. The number of aromatic nitrogens is 1. The van der Waals surface area contributed by atoms with Crippen molar-refractivity contribution in [3.8, 4) is 0 Å². The second kappa shape index (κ2) is 17.8. The van der Waals surface area contributed by atoms with Crippen molar-refractivity contribution < 1.29 is 33.8 Å². The number of carbonyl (C=O) groups is 4. The van der Waals surface area contributed by atoms with E-state index in [-0.39, 0.29) is 24.3 Å². The Balaban J connectivity index is 1.70. The molecule has 1 aromatic heterocycles. The van der Waals surface area contributed by atoms with Crippen LogP contribution in [0.1, 0.15) is 71.2 Å². The molecule has 3 amide bonds. The van der Waals surface area contributed by atoms with E-state index in [9.17, 15) is 24.3 Å². The lowest BCUT2D eigenvalue weighted by Gasteiger charge is -2.34. The number of carbonyl (C=O) groups excluding carboxylic acids is 4. The Morgan fingerprint density at radius 1 is 1.10 bits per heavy atom. The van der Waals surface area contributed by atoms with Crippen molar-refractivity contribution in [1.29, 1.82) is 0 Å². The number of likely N-dealkylation sites (tertiary alicyclic amines) is 1. The zero-order valence-corrected chi connectivity index (χ0v) is 31.1. The number of aliphatic hydroxyl groups excluding tert-OH is 1. The SMILES string of the molecule is COCCC(C)(/C=C/c1ccc2ccc([C@@H](C)O)nc2c1)C(=O)N[C@H](C(=O)N[C@@H](C)C(=O)N1CCC[C@@H](C(=O)OCC(Cl)(Cl)Cl)C1)C(C)C. The minimum Gasteiger partial charge on any atom is -0.461 e. The van der Waals surface area contributed by atoms with E-state index in [2.05, 4.69) is 15.6 Å². The number of nitrogens with zero attached hydrogens (tertiary/aromatic N) is 2. The van der Waals surface area contributed by atoms with Crippen molar-refractivity contribution in [2.45, 2.75) is 75.9 Å². The third kappa shape index (κ3) is 11.8. The molecule has 2 aromatic rings. The van der Waals surface area contributed by atoms with E-state index in [1.807, 2.05) is 30.3 Å². The summed E-state index contributed by atoms with van der Waals surface area (Å²) in [6.07, 6.45) is 4.33. The van der Waals surface area contributed by atoms with Crippen LogP contribution in [0, 0.1) is 17.3 Å². The summed E-state index contributed by atoms with van der Waals surface area (Å²) in [5, 5.41) is 16.5. The monoisotopic (exact) mass is 740 g/mol. The number of aliphatic hydroxyl groups is 1. The Labute approximate surface area is 303 Å². The van der Waals surface area contributed by atoms with Crippen molar-refractivity contribution in [2.75, 3.05) is 33.4 Å². The highest BCUT2D eigenvalue weighted by atomic mass is 35.6. The second-order valence-electron chi connectivity index (χ2n) is 13.1. The fourth-order valence-corrected chi connectivity index (χ4v) is 5.64. The third-order valence-electron chi connectivity index (χ3n) is 8.56. The van der Waals surface area contributed by atoms with Gasteiger partial charge >= 0.3 is 5.97 Å². The van der Waals surface area contributed by atoms with Gasteiger partial charge in [0.15, 0.2) is 0 Å². The van der Waals surface area contributed by atoms with Crippen LogP contribution in [-0.4, -0.2) is 88.0 Å². The van der Waals surface area contributed by atoms with E-state index in [1.54, 1.807) is 53.9 Å². The molecule has 1 fully saturated rings. The number of hydrogen-bond acceptors (Lipinski definition) is 8. The second-order valence-corrected chi connectivity index (χ2v) is 15.6. The van der Waals surface area contributed by atoms with E-state index in [0.29, 0.717) is 43.6 Å².